The third-order valence-electron chi connectivity index (χ3n) is 9.22. The molecule has 7 nitrogen and oxygen atoms in total. The van der Waals surface area contributed by atoms with Gasteiger partial charge in [0.15, 0.2) is 0 Å². The molecule has 0 fully saturated rings. The van der Waals surface area contributed by atoms with Gasteiger partial charge in [-0.15, -0.1) is 0 Å². The predicted molar refractivity (Wildman–Crippen MR) is 225 cm³/mol. The number of anilines is 3. The first-order chi connectivity index (χ1) is 26.9. The number of hydrogen-bond donors (Lipinski definition) is 0. The van der Waals surface area contributed by atoms with Crippen molar-refractivity contribution in [3.63, 3.8) is 0 Å². The van der Waals surface area contributed by atoms with E-state index in [1.54, 1.807) is 27.7 Å². The van der Waals surface area contributed by atoms with Gasteiger partial charge in [-0.25, -0.2) is 9.59 Å². The highest BCUT2D eigenvalue weighted by molar-refractivity contribution is 5.87. The predicted octanol–water partition coefficient (Wildman–Crippen LogP) is 10.8. The second-order valence-electron chi connectivity index (χ2n) is 14.4. The molecule has 0 aliphatic carbocycles. The molecule has 5 aromatic rings. The Hall–Kier alpha value is -6.08. The second kappa shape index (κ2) is 20.0. The van der Waals surface area contributed by atoms with Crippen LogP contribution in [0.3, 0.4) is 0 Å². The molecule has 0 aliphatic rings. The Morgan fingerprint density at radius 2 is 0.786 bits per heavy atom. The lowest BCUT2D eigenvalue weighted by molar-refractivity contribution is -0.145. The van der Waals surface area contributed by atoms with E-state index in [1.807, 2.05) is 24.3 Å². The number of nitrogens with zero attached hydrogens (tertiary/aromatic N) is 1. The molecule has 0 spiro atoms. The van der Waals surface area contributed by atoms with Crippen LogP contribution in [0.4, 0.5) is 17.1 Å². The highest BCUT2D eigenvalue weighted by atomic mass is 16.6. The molecule has 0 aromatic heterocycles. The quantitative estimate of drug-likeness (QED) is 0.0614. The zero-order valence-electron chi connectivity index (χ0n) is 33.3. The van der Waals surface area contributed by atoms with E-state index in [1.165, 1.54) is 27.8 Å². The van der Waals surface area contributed by atoms with E-state index in [2.05, 4.69) is 122 Å². The third kappa shape index (κ3) is 12.5. The molecule has 0 bridgehead atoms. The topological polar surface area (TPSA) is 74.3 Å². The van der Waals surface area contributed by atoms with Gasteiger partial charge in [-0.2, -0.15) is 0 Å². The number of aryl methyl sites for hydroxylation is 5. The van der Waals surface area contributed by atoms with Gasteiger partial charge >= 0.3 is 11.9 Å². The van der Waals surface area contributed by atoms with E-state index < -0.39 is 11.9 Å². The zero-order valence-corrected chi connectivity index (χ0v) is 33.3. The Kier molecular flexibility index (Phi) is 14.7. The first kappa shape index (κ1) is 41.1. The summed E-state index contributed by atoms with van der Waals surface area (Å²) in [7, 11) is 0. The molecule has 0 heterocycles. The molecule has 0 amide bonds. The summed E-state index contributed by atoms with van der Waals surface area (Å²) in [6.07, 6.45) is 2.90. The van der Waals surface area contributed by atoms with Crippen LogP contribution in [0.25, 0.3) is 0 Å². The van der Waals surface area contributed by atoms with Crippen molar-refractivity contribution < 1.29 is 28.5 Å². The van der Waals surface area contributed by atoms with Gasteiger partial charge in [0.05, 0.1) is 0 Å². The van der Waals surface area contributed by atoms with E-state index in [0.717, 1.165) is 54.2 Å². The summed E-state index contributed by atoms with van der Waals surface area (Å²) >= 11 is 0. The number of benzene rings is 5. The molecule has 2 atom stereocenters. The summed E-state index contributed by atoms with van der Waals surface area (Å²) in [4.78, 5) is 25.7. The number of hydrogen-bond acceptors (Lipinski definition) is 7. The van der Waals surface area contributed by atoms with Crippen LogP contribution in [0.2, 0.25) is 0 Å². The average molecular weight is 752 g/mol. The van der Waals surface area contributed by atoms with Gasteiger partial charge in [0.25, 0.3) is 0 Å². The van der Waals surface area contributed by atoms with Crippen molar-refractivity contribution in [2.75, 3.05) is 18.1 Å². The smallest absolute Gasteiger partial charge is 0.333 e. The Labute approximate surface area is 332 Å². The third-order valence-corrected chi connectivity index (χ3v) is 9.22. The summed E-state index contributed by atoms with van der Waals surface area (Å²) < 4.78 is 22.2. The molecule has 7 heteroatoms. The van der Waals surface area contributed by atoms with Gasteiger partial charge in [0, 0.05) is 28.2 Å². The molecular weight excluding hydrogens is 699 g/mol. The maximum Gasteiger partial charge on any atom is 0.333 e. The van der Waals surface area contributed by atoms with Gasteiger partial charge in [0.2, 0.25) is 0 Å². The van der Waals surface area contributed by atoms with E-state index in [9.17, 15) is 9.59 Å². The van der Waals surface area contributed by atoms with E-state index in [4.69, 9.17) is 18.9 Å². The van der Waals surface area contributed by atoms with Crippen molar-refractivity contribution in [1.82, 2.24) is 0 Å². The first-order valence-electron chi connectivity index (χ1n) is 19.1. The van der Waals surface area contributed by atoms with Crippen molar-refractivity contribution >= 4 is 29.0 Å². The van der Waals surface area contributed by atoms with Crippen molar-refractivity contribution in [2.24, 2.45) is 0 Å². The minimum absolute atomic E-state index is 0.279. The minimum atomic E-state index is -0.408. The second-order valence-corrected chi connectivity index (χ2v) is 14.4. The fourth-order valence-electron chi connectivity index (χ4n) is 5.91. The Balaban J connectivity index is 1.16. The summed E-state index contributed by atoms with van der Waals surface area (Å²) in [5.74, 6) is 0.667. The number of rotatable bonds is 19. The fraction of sp³-hybridized carbons (Fsp3) is 0.265. The lowest BCUT2D eigenvalue weighted by Crippen LogP contribution is -2.22. The number of carbonyl (C=O) groups is 2. The standard InChI is InChI=1S/C49H53NO6/c1-34(2)48(51)55-37(6)32-53-46-28-18-41(19-29-46)12-10-39-14-24-44(25-15-39)50(43-22-8-36(5)9-23-43)45-26-16-40(17-27-45)11-13-42-20-30-47(31-21-42)54-33-38(7)56-49(52)35(3)4/h8-9,14-31,37-38H,1,3,10-13,32-33H2,2,4-7H3. The van der Waals surface area contributed by atoms with Crippen LogP contribution in [-0.2, 0) is 44.7 Å². The summed E-state index contributed by atoms with van der Waals surface area (Å²) in [6.45, 7) is 16.8. The Morgan fingerprint density at radius 1 is 0.500 bits per heavy atom. The van der Waals surface area contributed by atoms with Crippen LogP contribution >= 0.6 is 0 Å². The molecule has 0 saturated heterocycles. The molecule has 290 valence electrons. The normalized spacial score (nSPS) is 11.9. The summed E-state index contributed by atoms with van der Waals surface area (Å²) in [5.41, 5.74) is 10.2. The minimum Gasteiger partial charge on any atom is -0.490 e. The monoisotopic (exact) mass is 751 g/mol. The lowest BCUT2D eigenvalue weighted by atomic mass is 10.0. The molecule has 0 saturated carbocycles. The highest BCUT2D eigenvalue weighted by Crippen LogP contribution is 2.35. The van der Waals surface area contributed by atoms with E-state index >= 15 is 0 Å². The first-order valence-corrected chi connectivity index (χ1v) is 19.1. The molecule has 5 rings (SSSR count). The van der Waals surface area contributed by atoms with Crippen molar-refractivity contribution in [3.8, 4) is 11.5 Å². The van der Waals surface area contributed by atoms with Crippen LogP contribution in [0, 0.1) is 6.92 Å². The summed E-state index contributed by atoms with van der Waals surface area (Å²) in [5, 5.41) is 0. The van der Waals surface area contributed by atoms with Crippen molar-refractivity contribution in [3.05, 3.63) is 173 Å². The van der Waals surface area contributed by atoms with Gasteiger partial charge in [-0.1, -0.05) is 79.4 Å². The maximum atomic E-state index is 11.7. The zero-order chi connectivity index (χ0) is 40.0. The van der Waals surface area contributed by atoms with Crippen molar-refractivity contribution in [2.45, 2.75) is 72.5 Å². The maximum absolute atomic E-state index is 11.7. The van der Waals surface area contributed by atoms with Gasteiger partial charge in [0.1, 0.15) is 36.9 Å². The van der Waals surface area contributed by atoms with E-state index in [0.29, 0.717) is 11.1 Å². The molecule has 0 N–H and O–H groups in total. The highest BCUT2D eigenvalue weighted by Gasteiger charge is 2.14. The van der Waals surface area contributed by atoms with Crippen LogP contribution in [-0.4, -0.2) is 37.4 Å². The molecule has 5 aromatic carbocycles. The largest absolute Gasteiger partial charge is 0.490 e. The van der Waals surface area contributed by atoms with E-state index in [-0.39, 0.29) is 25.4 Å². The molecular formula is C49H53NO6. The summed E-state index contributed by atoms with van der Waals surface area (Å²) in [6, 6.07) is 42.5. The Morgan fingerprint density at radius 3 is 1.09 bits per heavy atom. The molecule has 0 radical (unpaired) electrons. The Bertz CT molecular complexity index is 1920. The number of carbonyl (C=O) groups excluding carboxylic acids is 2. The number of ether oxygens (including phenoxy) is 4. The van der Waals surface area contributed by atoms with Gasteiger partial charge in [-0.05, 0) is 143 Å². The van der Waals surface area contributed by atoms with Crippen LogP contribution < -0.4 is 14.4 Å². The SMILES string of the molecule is C=C(C)C(=O)OC(C)COc1ccc(CCc2ccc(N(c3ccc(C)cc3)c3ccc(CCc4ccc(OCC(C)OC(=O)C(=C)C)cc4)cc3)cc2)cc1. The number of esters is 2. The van der Waals surface area contributed by atoms with Crippen LogP contribution in [0.5, 0.6) is 11.5 Å². The van der Waals surface area contributed by atoms with Crippen molar-refractivity contribution in [1.29, 1.82) is 0 Å². The van der Waals surface area contributed by atoms with Crippen LogP contribution in [0.1, 0.15) is 55.5 Å². The van der Waals surface area contributed by atoms with Crippen LogP contribution in [0.15, 0.2) is 146 Å². The van der Waals surface area contributed by atoms with Gasteiger partial charge in [-0.3, -0.25) is 0 Å². The average Bonchev–Trinajstić information content (AvgIpc) is 3.20. The van der Waals surface area contributed by atoms with Gasteiger partial charge < -0.3 is 23.8 Å². The lowest BCUT2D eigenvalue weighted by Gasteiger charge is -2.26. The molecule has 0 aliphatic heterocycles. The molecule has 2 unspecified atom stereocenters. The fourth-order valence-corrected chi connectivity index (χ4v) is 5.91. The molecule has 56 heavy (non-hydrogen) atoms.